The summed E-state index contributed by atoms with van der Waals surface area (Å²) >= 11 is 1.61. The molecule has 0 saturated carbocycles. The number of likely N-dealkylation sites (tertiary alicyclic amines) is 1. The highest BCUT2D eigenvalue weighted by atomic mass is 32.1. The zero-order valence-electron chi connectivity index (χ0n) is 11.8. The number of nitrogens with zero attached hydrogens (tertiary/aromatic N) is 2. The molecule has 2 atom stereocenters. The van der Waals surface area contributed by atoms with Crippen LogP contribution in [0.4, 0.5) is 4.79 Å². The Morgan fingerprint density at radius 3 is 2.85 bits per heavy atom. The minimum absolute atomic E-state index is 0.0110. The Hall–Kier alpha value is -1.56. The third-order valence-electron chi connectivity index (χ3n) is 3.78. The molecule has 0 bridgehead atoms. The van der Waals surface area contributed by atoms with Crippen molar-refractivity contribution in [1.82, 2.24) is 9.80 Å². The summed E-state index contributed by atoms with van der Waals surface area (Å²) in [5, 5.41) is 11.3. The first-order valence-corrected chi connectivity index (χ1v) is 7.73. The number of amides is 2. The van der Waals surface area contributed by atoms with Crippen molar-refractivity contribution in [2.24, 2.45) is 5.92 Å². The quantitative estimate of drug-likeness (QED) is 0.928. The van der Waals surface area contributed by atoms with Crippen LogP contribution in [0.3, 0.4) is 0 Å². The molecule has 1 N–H and O–H groups in total. The van der Waals surface area contributed by atoms with Gasteiger partial charge in [-0.05, 0) is 30.7 Å². The smallest absolute Gasteiger partial charge is 0.326 e. The van der Waals surface area contributed by atoms with Crippen LogP contribution in [0.15, 0.2) is 17.5 Å². The van der Waals surface area contributed by atoms with E-state index in [1.54, 1.807) is 16.2 Å². The maximum absolute atomic E-state index is 12.6. The number of aliphatic carboxylic acids is 1. The Labute approximate surface area is 122 Å². The van der Waals surface area contributed by atoms with E-state index in [0.29, 0.717) is 19.6 Å². The molecule has 20 heavy (non-hydrogen) atoms. The van der Waals surface area contributed by atoms with Gasteiger partial charge in [-0.15, -0.1) is 11.3 Å². The van der Waals surface area contributed by atoms with Crippen LogP contribution >= 0.6 is 11.3 Å². The molecule has 0 spiro atoms. The maximum Gasteiger partial charge on any atom is 0.326 e. The molecule has 1 saturated heterocycles. The molecule has 0 aromatic carbocycles. The highest BCUT2D eigenvalue weighted by Gasteiger charge is 2.40. The van der Waals surface area contributed by atoms with Gasteiger partial charge >= 0.3 is 12.0 Å². The number of hydrogen-bond donors (Lipinski definition) is 1. The van der Waals surface area contributed by atoms with Crippen molar-refractivity contribution in [3.05, 3.63) is 22.4 Å². The van der Waals surface area contributed by atoms with E-state index < -0.39 is 12.0 Å². The minimum Gasteiger partial charge on any atom is -0.480 e. The van der Waals surface area contributed by atoms with Crippen LogP contribution in [-0.2, 0) is 11.3 Å². The lowest BCUT2D eigenvalue weighted by Crippen LogP contribution is -2.49. The topological polar surface area (TPSA) is 60.9 Å². The van der Waals surface area contributed by atoms with Gasteiger partial charge in [0.25, 0.3) is 0 Å². The Bertz CT molecular complexity index is 475. The van der Waals surface area contributed by atoms with Gasteiger partial charge in [0.15, 0.2) is 0 Å². The highest BCUT2D eigenvalue weighted by Crippen LogP contribution is 2.26. The van der Waals surface area contributed by atoms with E-state index >= 15 is 0 Å². The fourth-order valence-corrected chi connectivity index (χ4v) is 3.34. The number of carbonyl (C=O) groups excluding carboxylic acids is 1. The second-order valence-electron chi connectivity index (χ2n) is 5.12. The van der Waals surface area contributed by atoms with Gasteiger partial charge in [-0.1, -0.05) is 13.0 Å². The van der Waals surface area contributed by atoms with Crippen LogP contribution in [0.5, 0.6) is 0 Å². The third kappa shape index (κ3) is 2.95. The number of hydrogen-bond acceptors (Lipinski definition) is 3. The summed E-state index contributed by atoms with van der Waals surface area (Å²) in [5.41, 5.74) is 0. The van der Waals surface area contributed by atoms with Gasteiger partial charge < -0.3 is 14.9 Å². The first-order valence-electron chi connectivity index (χ1n) is 6.85. The van der Waals surface area contributed by atoms with Crippen LogP contribution in [0.2, 0.25) is 0 Å². The van der Waals surface area contributed by atoms with E-state index in [2.05, 4.69) is 0 Å². The number of carboxylic acids is 1. The van der Waals surface area contributed by atoms with Crippen molar-refractivity contribution in [2.75, 3.05) is 13.1 Å². The van der Waals surface area contributed by atoms with E-state index in [-0.39, 0.29) is 11.9 Å². The average molecular weight is 296 g/mol. The van der Waals surface area contributed by atoms with Crippen LogP contribution in [0.25, 0.3) is 0 Å². The molecule has 2 rings (SSSR count). The van der Waals surface area contributed by atoms with Gasteiger partial charge in [0.1, 0.15) is 6.04 Å². The van der Waals surface area contributed by atoms with Crippen molar-refractivity contribution < 1.29 is 14.7 Å². The van der Waals surface area contributed by atoms with Crippen LogP contribution < -0.4 is 0 Å². The van der Waals surface area contributed by atoms with Crippen molar-refractivity contribution >= 4 is 23.3 Å². The molecule has 2 unspecified atom stereocenters. The number of thiophene rings is 1. The van der Waals surface area contributed by atoms with Crippen molar-refractivity contribution in [3.63, 3.8) is 0 Å². The normalized spacial score (nSPS) is 22.0. The van der Waals surface area contributed by atoms with E-state index in [9.17, 15) is 14.7 Å². The molecule has 0 radical (unpaired) electrons. The van der Waals surface area contributed by atoms with Crippen molar-refractivity contribution in [2.45, 2.75) is 32.9 Å². The molecule has 1 aliphatic rings. The number of carbonyl (C=O) groups is 2. The van der Waals surface area contributed by atoms with Crippen LogP contribution in [0.1, 0.15) is 25.1 Å². The second kappa shape index (κ2) is 6.26. The number of rotatable bonds is 4. The molecule has 1 aromatic heterocycles. The summed E-state index contributed by atoms with van der Waals surface area (Å²) in [6.07, 6.45) is 0.749. The molecule has 1 fully saturated rings. The highest BCUT2D eigenvalue weighted by molar-refractivity contribution is 7.09. The zero-order valence-corrected chi connectivity index (χ0v) is 12.6. The largest absolute Gasteiger partial charge is 0.480 e. The number of carboxylic acid groups (broad SMARTS) is 1. The Balaban J connectivity index is 2.10. The van der Waals surface area contributed by atoms with E-state index in [0.717, 1.165) is 11.3 Å². The summed E-state index contributed by atoms with van der Waals surface area (Å²) < 4.78 is 0. The summed E-state index contributed by atoms with van der Waals surface area (Å²) in [4.78, 5) is 28.2. The Morgan fingerprint density at radius 1 is 1.55 bits per heavy atom. The van der Waals surface area contributed by atoms with E-state index in [1.807, 2.05) is 31.4 Å². The predicted molar refractivity (Wildman–Crippen MR) is 77.7 cm³/mol. The van der Waals surface area contributed by atoms with Crippen molar-refractivity contribution in [1.29, 1.82) is 0 Å². The molecule has 2 amide bonds. The van der Waals surface area contributed by atoms with Gasteiger partial charge in [0.05, 0.1) is 6.54 Å². The Kier molecular flexibility index (Phi) is 4.65. The molecular weight excluding hydrogens is 276 g/mol. The maximum atomic E-state index is 12.6. The molecular formula is C14H20N2O3S. The minimum atomic E-state index is -0.907. The summed E-state index contributed by atoms with van der Waals surface area (Å²) in [7, 11) is 0. The zero-order chi connectivity index (χ0) is 14.7. The first-order chi connectivity index (χ1) is 9.54. The molecule has 1 aliphatic heterocycles. The molecule has 0 aliphatic carbocycles. The average Bonchev–Trinajstić information content (AvgIpc) is 3.04. The fourth-order valence-electron chi connectivity index (χ4n) is 2.63. The van der Waals surface area contributed by atoms with E-state index in [4.69, 9.17) is 0 Å². The van der Waals surface area contributed by atoms with Crippen LogP contribution in [-0.4, -0.2) is 46.0 Å². The SMILES string of the molecule is CCN(Cc1cccs1)C(=O)N1CCC(C)C1C(=O)O. The van der Waals surface area contributed by atoms with Gasteiger partial charge in [-0.25, -0.2) is 9.59 Å². The molecule has 1 aromatic rings. The monoisotopic (exact) mass is 296 g/mol. The lowest BCUT2D eigenvalue weighted by molar-refractivity contribution is -0.142. The molecule has 2 heterocycles. The molecule has 6 heteroatoms. The van der Waals surface area contributed by atoms with Gasteiger partial charge in [-0.2, -0.15) is 0 Å². The van der Waals surface area contributed by atoms with Crippen molar-refractivity contribution in [3.8, 4) is 0 Å². The van der Waals surface area contributed by atoms with E-state index in [1.165, 1.54) is 4.90 Å². The van der Waals surface area contributed by atoms with Gasteiger partial charge in [0.2, 0.25) is 0 Å². The summed E-state index contributed by atoms with van der Waals surface area (Å²) in [6.45, 7) is 5.46. The molecule has 110 valence electrons. The second-order valence-corrected chi connectivity index (χ2v) is 6.15. The predicted octanol–water partition coefficient (Wildman–Crippen LogP) is 2.49. The first kappa shape index (κ1) is 14.8. The Morgan fingerprint density at radius 2 is 2.30 bits per heavy atom. The van der Waals surface area contributed by atoms with Gasteiger partial charge in [0, 0.05) is 18.0 Å². The summed E-state index contributed by atoms with van der Waals surface area (Å²) in [6, 6.07) is 3.08. The standard InChI is InChI=1S/C14H20N2O3S/c1-3-15(9-11-5-4-8-20-11)14(19)16-7-6-10(2)12(16)13(17)18/h4-5,8,10,12H,3,6-7,9H2,1-2H3,(H,17,18). The van der Waals surface area contributed by atoms with Crippen LogP contribution in [0, 0.1) is 5.92 Å². The summed E-state index contributed by atoms with van der Waals surface area (Å²) in [5.74, 6) is -0.896. The molecule has 5 nitrogen and oxygen atoms in total. The lowest BCUT2D eigenvalue weighted by Gasteiger charge is -2.30. The lowest BCUT2D eigenvalue weighted by atomic mass is 10.0. The van der Waals surface area contributed by atoms with Gasteiger partial charge in [-0.3, -0.25) is 0 Å². The third-order valence-corrected chi connectivity index (χ3v) is 4.64. The fraction of sp³-hybridized carbons (Fsp3) is 0.571. The number of urea groups is 1.